The highest BCUT2D eigenvalue weighted by Crippen LogP contribution is 2.25. The number of rotatable bonds is 7. The number of carbonyl (C=O) groups excluding carboxylic acids is 1. The lowest BCUT2D eigenvalue weighted by Crippen LogP contribution is -2.32. The summed E-state index contributed by atoms with van der Waals surface area (Å²) in [6, 6.07) is 4.10. The molecule has 2 aromatic rings. The highest BCUT2D eigenvalue weighted by atomic mass is 35.5. The first-order valence-electron chi connectivity index (χ1n) is 8.82. The van der Waals surface area contributed by atoms with Gasteiger partial charge in [0.25, 0.3) is 5.91 Å². The second-order valence-corrected chi connectivity index (χ2v) is 9.84. The van der Waals surface area contributed by atoms with Gasteiger partial charge >= 0.3 is 0 Å². The monoisotopic (exact) mass is 444 g/mol. The number of hydrogen-bond acceptors (Lipinski definition) is 7. The van der Waals surface area contributed by atoms with Gasteiger partial charge in [-0.15, -0.1) is 10.2 Å². The second-order valence-electron chi connectivity index (χ2n) is 6.69. The Hall–Kier alpha value is -1.59. The average Bonchev–Trinajstić information content (AvgIpc) is 3.32. The molecule has 0 spiro atoms. The smallest absolute Gasteiger partial charge is 0.257 e. The highest BCUT2D eigenvalue weighted by molar-refractivity contribution is 7.89. The van der Waals surface area contributed by atoms with E-state index in [1.807, 2.05) is 13.8 Å². The molecule has 11 heteroatoms. The predicted molar refractivity (Wildman–Crippen MR) is 108 cm³/mol. The molecule has 3 rings (SSSR count). The van der Waals surface area contributed by atoms with Crippen LogP contribution in [0.1, 0.15) is 48.0 Å². The fourth-order valence-electron chi connectivity index (χ4n) is 2.62. The van der Waals surface area contributed by atoms with Gasteiger partial charge in [-0.05, 0) is 31.0 Å². The first kappa shape index (κ1) is 21.1. The molecular weight excluding hydrogens is 424 g/mol. The van der Waals surface area contributed by atoms with Crippen molar-refractivity contribution in [3.8, 4) is 0 Å². The fraction of sp³-hybridized carbons (Fsp3) is 0.471. The van der Waals surface area contributed by atoms with Crippen molar-refractivity contribution in [3.05, 3.63) is 33.8 Å². The number of sulfonamides is 1. The van der Waals surface area contributed by atoms with Gasteiger partial charge in [0.1, 0.15) is 9.90 Å². The van der Waals surface area contributed by atoms with Gasteiger partial charge in [-0.2, -0.15) is 0 Å². The van der Waals surface area contributed by atoms with E-state index < -0.39 is 15.9 Å². The molecular formula is C17H21ClN4O4S2. The van der Waals surface area contributed by atoms with Gasteiger partial charge in [0.15, 0.2) is 0 Å². The average molecular weight is 445 g/mol. The molecule has 2 N–H and O–H groups in total. The molecule has 0 aliphatic carbocycles. The van der Waals surface area contributed by atoms with E-state index in [0.717, 1.165) is 17.8 Å². The maximum atomic E-state index is 12.6. The molecule has 1 saturated heterocycles. The number of nitrogens with zero attached hydrogens (tertiary/aromatic N) is 2. The number of halogens is 1. The summed E-state index contributed by atoms with van der Waals surface area (Å²) in [5.41, 5.74) is 0.156. The van der Waals surface area contributed by atoms with E-state index in [9.17, 15) is 13.2 Å². The number of hydrogen-bond donors (Lipinski definition) is 2. The Morgan fingerprint density at radius 3 is 2.82 bits per heavy atom. The van der Waals surface area contributed by atoms with Crippen molar-refractivity contribution < 1.29 is 17.9 Å². The van der Waals surface area contributed by atoms with Crippen LogP contribution in [0.5, 0.6) is 0 Å². The second kappa shape index (κ2) is 8.83. The molecule has 1 atom stereocenters. The van der Waals surface area contributed by atoms with Crippen LogP contribution in [0.25, 0.3) is 0 Å². The molecule has 8 nitrogen and oxygen atoms in total. The molecule has 0 radical (unpaired) electrons. The van der Waals surface area contributed by atoms with Crippen LogP contribution < -0.4 is 10.0 Å². The molecule has 1 aliphatic heterocycles. The number of amides is 1. The number of nitrogens with one attached hydrogen (secondary N) is 2. The maximum Gasteiger partial charge on any atom is 0.257 e. The van der Waals surface area contributed by atoms with Crippen LogP contribution in [0.15, 0.2) is 23.1 Å². The lowest BCUT2D eigenvalue weighted by Gasteiger charge is -2.13. The van der Waals surface area contributed by atoms with E-state index in [2.05, 4.69) is 20.2 Å². The van der Waals surface area contributed by atoms with E-state index in [4.69, 9.17) is 16.3 Å². The van der Waals surface area contributed by atoms with Crippen LogP contribution >= 0.6 is 22.9 Å². The summed E-state index contributed by atoms with van der Waals surface area (Å²) < 4.78 is 33.2. The van der Waals surface area contributed by atoms with E-state index in [-0.39, 0.29) is 34.0 Å². The van der Waals surface area contributed by atoms with Gasteiger partial charge in [-0.25, -0.2) is 13.1 Å². The molecule has 28 heavy (non-hydrogen) atoms. The standard InChI is InChI=1S/C17H21ClN4O4S2/c1-10(2)16-21-22-17(27-16)20-15(23)11-5-6-13(18)14(8-11)28(24,25)19-9-12-4-3-7-26-12/h5-6,8,10,12,19H,3-4,7,9H2,1-2H3,(H,20,22,23)/t12-/m1/s1. The van der Waals surface area contributed by atoms with Crippen LogP contribution in [0.3, 0.4) is 0 Å². The minimum absolute atomic E-state index is 0.0365. The molecule has 1 aromatic heterocycles. The summed E-state index contributed by atoms with van der Waals surface area (Å²) in [7, 11) is -3.88. The minimum atomic E-state index is -3.88. The Morgan fingerprint density at radius 1 is 1.39 bits per heavy atom. The van der Waals surface area contributed by atoms with E-state index in [1.165, 1.54) is 29.5 Å². The van der Waals surface area contributed by atoms with E-state index in [0.29, 0.717) is 11.7 Å². The Morgan fingerprint density at radius 2 is 2.18 bits per heavy atom. The Bertz CT molecular complexity index is 956. The third-order valence-electron chi connectivity index (χ3n) is 4.16. The zero-order valence-electron chi connectivity index (χ0n) is 15.4. The van der Waals surface area contributed by atoms with Crippen molar-refractivity contribution in [1.29, 1.82) is 0 Å². The topological polar surface area (TPSA) is 110 Å². The summed E-state index contributed by atoms with van der Waals surface area (Å²) >= 11 is 7.35. The van der Waals surface area contributed by atoms with Gasteiger partial charge in [-0.1, -0.05) is 36.8 Å². The van der Waals surface area contributed by atoms with Gasteiger partial charge in [0, 0.05) is 24.6 Å². The van der Waals surface area contributed by atoms with Crippen molar-refractivity contribution in [2.75, 3.05) is 18.5 Å². The normalized spacial score (nSPS) is 17.2. The predicted octanol–water partition coefficient (Wildman–Crippen LogP) is 3.02. The van der Waals surface area contributed by atoms with Gasteiger partial charge in [-0.3, -0.25) is 10.1 Å². The van der Waals surface area contributed by atoms with Crippen molar-refractivity contribution in [3.63, 3.8) is 0 Å². The third-order valence-corrected chi connectivity index (χ3v) is 7.21. The number of ether oxygens (including phenoxy) is 1. The van der Waals surface area contributed by atoms with Crippen LogP contribution in [0, 0.1) is 0 Å². The number of anilines is 1. The molecule has 0 unspecified atom stereocenters. The molecule has 0 bridgehead atoms. The number of benzene rings is 1. The molecule has 1 fully saturated rings. The van der Waals surface area contributed by atoms with Crippen molar-refractivity contribution in [1.82, 2.24) is 14.9 Å². The lowest BCUT2D eigenvalue weighted by atomic mass is 10.2. The van der Waals surface area contributed by atoms with Crippen LogP contribution in [0.4, 0.5) is 5.13 Å². The van der Waals surface area contributed by atoms with Gasteiger partial charge < -0.3 is 4.74 Å². The largest absolute Gasteiger partial charge is 0.377 e. The summed E-state index contributed by atoms with van der Waals surface area (Å²) in [5.74, 6) is -0.288. The summed E-state index contributed by atoms with van der Waals surface area (Å²) in [5, 5.41) is 11.8. The fourth-order valence-corrected chi connectivity index (χ4v) is 4.95. The van der Waals surface area contributed by atoms with Crippen molar-refractivity contribution in [2.45, 2.75) is 43.6 Å². The van der Waals surface area contributed by atoms with Crippen LogP contribution in [-0.2, 0) is 14.8 Å². The summed E-state index contributed by atoms with van der Waals surface area (Å²) in [6.45, 7) is 4.75. The molecule has 0 saturated carbocycles. The maximum absolute atomic E-state index is 12.6. The van der Waals surface area contributed by atoms with Crippen LogP contribution in [-0.4, -0.2) is 43.8 Å². The van der Waals surface area contributed by atoms with E-state index in [1.54, 1.807) is 0 Å². The first-order valence-corrected chi connectivity index (χ1v) is 11.5. The highest BCUT2D eigenvalue weighted by Gasteiger charge is 2.23. The summed E-state index contributed by atoms with van der Waals surface area (Å²) in [4.78, 5) is 12.3. The molecule has 1 aliphatic rings. The van der Waals surface area contributed by atoms with E-state index >= 15 is 0 Å². The summed E-state index contributed by atoms with van der Waals surface area (Å²) in [6.07, 6.45) is 1.57. The Kier molecular flexibility index (Phi) is 6.66. The zero-order valence-corrected chi connectivity index (χ0v) is 17.8. The minimum Gasteiger partial charge on any atom is -0.377 e. The molecule has 1 amide bonds. The quantitative estimate of drug-likeness (QED) is 0.679. The van der Waals surface area contributed by atoms with Crippen LogP contribution in [0.2, 0.25) is 5.02 Å². The van der Waals surface area contributed by atoms with Gasteiger partial charge in [0.2, 0.25) is 15.2 Å². The Balaban J connectivity index is 1.74. The number of carbonyl (C=O) groups is 1. The van der Waals surface area contributed by atoms with Crippen molar-refractivity contribution in [2.24, 2.45) is 0 Å². The molecule has 1 aromatic carbocycles. The van der Waals surface area contributed by atoms with Crippen molar-refractivity contribution >= 4 is 44.0 Å². The first-order chi connectivity index (χ1) is 13.3. The lowest BCUT2D eigenvalue weighted by molar-refractivity contribution is 0.102. The Labute approximate surface area is 172 Å². The zero-order chi connectivity index (χ0) is 20.3. The number of aromatic nitrogens is 2. The molecule has 2 heterocycles. The third kappa shape index (κ3) is 5.06. The molecule has 152 valence electrons. The van der Waals surface area contributed by atoms with Gasteiger partial charge in [0.05, 0.1) is 11.1 Å². The SMILES string of the molecule is CC(C)c1nnc(NC(=O)c2ccc(Cl)c(S(=O)(=O)NC[C@H]3CCCO3)c2)s1.